The molecule has 4 rings (SSSR count). The van der Waals surface area contributed by atoms with E-state index in [0.717, 1.165) is 34.1 Å². The predicted molar refractivity (Wildman–Crippen MR) is 109 cm³/mol. The molecular weight excluding hydrogens is 372 g/mol. The number of pyridine rings is 1. The number of nitrogens with one attached hydrogen (secondary N) is 1. The van der Waals surface area contributed by atoms with Crippen LogP contribution in [-0.2, 0) is 23.1 Å². The van der Waals surface area contributed by atoms with Gasteiger partial charge in [0.2, 0.25) is 10.0 Å². The van der Waals surface area contributed by atoms with Crippen LogP contribution in [0.5, 0.6) is 0 Å². The van der Waals surface area contributed by atoms with Gasteiger partial charge in [0.05, 0.1) is 16.6 Å². The summed E-state index contributed by atoms with van der Waals surface area (Å²) in [4.78, 5) is 4.69. The Bertz CT molecular complexity index is 1210. The van der Waals surface area contributed by atoms with Gasteiger partial charge in [-0.05, 0) is 36.8 Å². The molecule has 0 saturated carbocycles. The molecule has 0 atom stereocenters. The Morgan fingerprint density at radius 3 is 2.54 bits per heavy atom. The highest BCUT2D eigenvalue weighted by Gasteiger charge is 2.14. The van der Waals surface area contributed by atoms with Crippen LogP contribution in [0.15, 0.2) is 78.1 Å². The largest absolute Gasteiger partial charge is 0.273 e. The molecule has 2 aromatic heterocycles. The summed E-state index contributed by atoms with van der Waals surface area (Å²) in [6.45, 7) is 2.93. The molecule has 142 valence electrons. The molecule has 4 aromatic rings. The van der Waals surface area contributed by atoms with E-state index < -0.39 is 10.0 Å². The van der Waals surface area contributed by atoms with Gasteiger partial charge in [0.15, 0.2) is 0 Å². The molecular formula is C21H20N4O2S. The van der Waals surface area contributed by atoms with Crippen LogP contribution in [-0.4, -0.2) is 23.2 Å². The van der Waals surface area contributed by atoms with E-state index in [-0.39, 0.29) is 11.4 Å². The molecule has 7 heteroatoms. The van der Waals surface area contributed by atoms with Crippen molar-refractivity contribution in [1.29, 1.82) is 0 Å². The molecule has 0 spiro atoms. The average Bonchev–Trinajstić information content (AvgIpc) is 3.20. The van der Waals surface area contributed by atoms with Crippen molar-refractivity contribution >= 4 is 20.9 Å². The Morgan fingerprint density at radius 2 is 1.79 bits per heavy atom. The van der Waals surface area contributed by atoms with Gasteiger partial charge in [-0.2, -0.15) is 5.10 Å². The standard InChI is InChI=1S/C21H20N4O2S/c1-2-25-15-16(12-23-25)13-24-28(26,27)20-9-7-17(8-10-20)19-11-18-5-3-4-6-21(18)22-14-19/h3-12,14-15,24H,2,13H2,1H3. The summed E-state index contributed by atoms with van der Waals surface area (Å²) >= 11 is 0. The highest BCUT2D eigenvalue weighted by molar-refractivity contribution is 7.89. The number of sulfonamides is 1. The van der Waals surface area contributed by atoms with Crippen LogP contribution < -0.4 is 4.72 Å². The molecule has 0 aliphatic heterocycles. The Balaban J connectivity index is 1.52. The monoisotopic (exact) mass is 392 g/mol. The minimum absolute atomic E-state index is 0.207. The second-order valence-electron chi connectivity index (χ2n) is 6.47. The fraction of sp³-hybridized carbons (Fsp3) is 0.143. The van der Waals surface area contributed by atoms with Crippen LogP contribution in [0.25, 0.3) is 22.0 Å². The van der Waals surface area contributed by atoms with Crippen molar-refractivity contribution in [3.05, 3.63) is 78.8 Å². The second kappa shape index (κ2) is 7.53. The number of fused-ring (bicyclic) bond motifs is 1. The van der Waals surface area contributed by atoms with E-state index in [0.29, 0.717) is 0 Å². The molecule has 0 fully saturated rings. The zero-order chi connectivity index (χ0) is 19.6. The Kier molecular flexibility index (Phi) is 4.93. The van der Waals surface area contributed by atoms with Crippen LogP contribution in [0.3, 0.4) is 0 Å². The molecule has 1 N–H and O–H groups in total. The maximum atomic E-state index is 12.6. The van der Waals surface area contributed by atoms with Crippen LogP contribution in [0, 0.1) is 0 Å². The van der Waals surface area contributed by atoms with Gasteiger partial charge in [-0.3, -0.25) is 9.67 Å². The number of para-hydroxylation sites is 1. The van der Waals surface area contributed by atoms with E-state index in [1.165, 1.54) is 0 Å². The summed E-state index contributed by atoms with van der Waals surface area (Å²) in [5, 5.41) is 5.20. The molecule has 0 amide bonds. The first-order valence-electron chi connectivity index (χ1n) is 9.01. The fourth-order valence-electron chi connectivity index (χ4n) is 2.99. The Labute approximate surface area is 163 Å². The van der Waals surface area contributed by atoms with Crippen molar-refractivity contribution in [1.82, 2.24) is 19.5 Å². The molecule has 0 saturated heterocycles. The van der Waals surface area contributed by atoms with E-state index >= 15 is 0 Å². The van der Waals surface area contributed by atoms with Crippen LogP contribution in [0.1, 0.15) is 12.5 Å². The summed E-state index contributed by atoms with van der Waals surface area (Å²) < 4.78 is 29.5. The third-order valence-corrected chi connectivity index (χ3v) is 5.98. The molecule has 0 radical (unpaired) electrons. The lowest BCUT2D eigenvalue weighted by molar-refractivity contribution is 0.581. The number of aryl methyl sites for hydroxylation is 1. The van der Waals surface area contributed by atoms with E-state index in [2.05, 4.69) is 20.9 Å². The summed E-state index contributed by atoms with van der Waals surface area (Å²) in [5.74, 6) is 0. The van der Waals surface area contributed by atoms with Gasteiger partial charge < -0.3 is 0 Å². The first kappa shape index (κ1) is 18.3. The fourth-order valence-corrected chi connectivity index (χ4v) is 4.01. The van der Waals surface area contributed by atoms with Gasteiger partial charge in [0, 0.05) is 42.0 Å². The highest BCUT2D eigenvalue weighted by atomic mass is 32.2. The van der Waals surface area contributed by atoms with Gasteiger partial charge in [0.25, 0.3) is 0 Å². The minimum Gasteiger partial charge on any atom is -0.273 e. The number of hydrogen-bond donors (Lipinski definition) is 1. The predicted octanol–water partition coefficient (Wildman–Crippen LogP) is 3.60. The molecule has 2 aromatic carbocycles. The summed E-state index contributed by atoms with van der Waals surface area (Å²) in [6.07, 6.45) is 5.30. The zero-order valence-corrected chi connectivity index (χ0v) is 16.2. The van der Waals surface area contributed by atoms with Crippen molar-refractivity contribution < 1.29 is 8.42 Å². The van der Waals surface area contributed by atoms with Crippen molar-refractivity contribution in [2.75, 3.05) is 0 Å². The molecule has 0 bridgehead atoms. The van der Waals surface area contributed by atoms with E-state index in [4.69, 9.17) is 0 Å². The van der Waals surface area contributed by atoms with Gasteiger partial charge >= 0.3 is 0 Å². The number of nitrogens with zero attached hydrogens (tertiary/aromatic N) is 3. The average molecular weight is 392 g/mol. The van der Waals surface area contributed by atoms with Gasteiger partial charge in [-0.1, -0.05) is 30.3 Å². The van der Waals surface area contributed by atoms with Crippen LogP contribution in [0.4, 0.5) is 0 Å². The van der Waals surface area contributed by atoms with Crippen molar-refractivity contribution in [3.63, 3.8) is 0 Å². The first-order valence-corrected chi connectivity index (χ1v) is 10.5. The number of benzene rings is 2. The smallest absolute Gasteiger partial charge is 0.240 e. The molecule has 2 heterocycles. The van der Waals surface area contributed by atoms with E-state index in [9.17, 15) is 8.42 Å². The number of rotatable bonds is 6. The van der Waals surface area contributed by atoms with Crippen LogP contribution in [0.2, 0.25) is 0 Å². The van der Waals surface area contributed by atoms with Crippen molar-refractivity contribution in [2.45, 2.75) is 24.9 Å². The van der Waals surface area contributed by atoms with Crippen LogP contribution >= 0.6 is 0 Å². The maximum absolute atomic E-state index is 12.6. The molecule has 6 nitrogen and oxygen atoms in total. The molecule has 0 aliphatic carbocycles. The minimum atomic E-state index is -3.59. The normalized spacial score (nSPS) is 11.8. The SMILES string of the molecule is CCn1cc(CNS(=O)(=O)c2ccc(-c3cnc4ccccc4c3)cc2)cn1. The molecule has 0 aliphatic rings. The lowest BCUT2D eigenvalue weighted by Crippen LogP contribution is -2.23. The summed E-state index contributed by atoms with van der Waals surface area (Å²) in [5.41, 5.74) is 3.62. The lowest BCUT2D eigenvalue weighted by atomic mass is 10.1. The van der Waals surface area contributed by atoms with Crippen molar-refractivity contribution in [3.8, 4) is 11.1 Å². The van der Waals surface area contributed by atoms with Gasteiger partial charge in [0.1, 0.15) is 0 Å². The summed E-state index contributed by atoms with van der Waals surface area (Å²) in [7, 11) is -3.59. The summed E-state index contributed by atoms with van der Waals surface area (Å²) in [6, 6.07) is 16.8. The molecule has 28 heavy (non-hydrogen) atoms. The Morgan fingerprint density at radius 1 is 1.00 bits per heavy atom. The number of aromatic nitrogens is 3. The Hall–Kier alpha value is -3.03. The zero-order valence-electron chi connectivity index (χ0n) is 15.4. The second-order valence-corrected chi connectivity index (χ2v) is 8.24. The van der Waals surface area contributed by atoms with Gasteiger partial charge in [-0.25, -0.2) is 13.1 Å². The number of hydrogen-bond acceptors (Lipinski definition) is 4. The van der Waals surface area contributed by atoms with E-state index in [1.807, 2.05) is 37.4 Å². The van der Waals surface area contributed by atoms with Crippen molar-refractivity contribution in [2.24, 2.45) is 0 Å². The van der Waals surface area contributed by atoms with Gasteiger partial charge in [-0.15, -0.1) is 0 Å². The van der Waals surface area contributed by atoms with E-state index in [1.54, 1.807) is 41.3 Å². The first-order chi connectivity index (χ1) is 13.5. The molecule has 0 unspecified atom stereocenters. The highest BCUT2D eigenvalue weighted by Crippen LogP contribution is 2.24. The maximum Gasteiger partial charge on any atom is 0.240 e. The topological polar surface area (TPSA) is 76.9 Å². The lowest BCUT2D eigenvalue weighted by Gasteiger charge is -2.08. The third kappa shape index (κ3) is 3.81. The third-order valence-electron chi connectivity index (χ3n) is 4.57. The quantitative estimate of drug-likeness (QED) is 0.544.